The highest BCUT2D eigenvalue weighted by Crippen LogP contribution is 2.34. The van der Waals surface area contributed by atoms with Crippen LogP contribution in [0, 0.1) is 23.0 Å². The summed E-state index contributed by atoms with van der Waals surface area (Å²) in [6.07, 6.45) is 3.83. The molecule has 6 nitrogen and oxygen atoms in total. The van der Waals surface area contributed by atoms with Crippen molar-refractivity contribution >= 4 is 22.5 Å². The summed E-state index contributed by atoms with van der Waals surface area (Å²) in [5.74, 6) is 0.585. The van der Waals surface area contributed by atoms with Gasteiger partial charge in [0.2, 0.25) is 0 Å². The number of benzene rings is 2. The zero-order valence-electron chi connectivity index (χ0n) is 15.3. The lowest BCUT2D eigenvalue weighted by atomic mass is 9.82. The predicted octanol–water partition coefficient (Wildman–Crippen LogP) is 4.58. The number of nitro groups is 1. The van der Waals surface area contributed by atoms with Crippen LogP contribution >= 0.6 is 0 Å². The Hall–Kier alpha value is -3.15. The summed E-state index contributed by atoms with van der Waals surface area (Å²) in [6, 6.07) is 10.7. The molecule has 0 bridgehead atoms. The number of nitrogens with one attached hydrogen (secondary N) is 2. The number of H-pyrrole nitrogens is 1. The highest BCUT2D eigenvalue weighted by atomic mass is 16.6. The Morgan fingerprint density at radius 2 is 1.96 bits per heavy atom. The Bertz CT molecular complexity index is 1050. The Morgan fingerprint density at radius 3 is 2.67 bits per heavy atom. The number of aromatic amines is 1. The minimum absolute atomic E-state index is 0.0557. The molecule has 6 heteroatoms. The van der Waals surface area contributed by atoms with Crippen LogP contribution in [-0.2, 0) is 0 Å². The van der Waals surface area contributed by atoms with Gasteiger partial charge in [0.15, 0.2) is 0 Å². The lowest BCUT2D eigenvalue weighted by Gasteiger charge is -2.33. The quantitative estimate of drug-likeness (QED) is 0.525. The minimum Gasteiger partial charge on any atom is -0.361 e. The van der Waals surface area contributed by atoms with E-state index in [9.17, 15) is 14.9 Å². The van der Waals surface area contributed by atoms with Crippen molar-refractivity contribution in [2.24, 2.45) is 5.92 Å². The number of hydrogen-bond acceptors (Lipinski definition) is 3. The van der Waals surface area contributed by atoms with Crippen molar-refractivity contribution in [3.05, 3.63) is 63.8 Å². The molecule has 1 heterocycles. The van der Waals surface area contributed by atoms with Gasteiger partial charge in [0, 0.05) is 29.8 Å². The molecule has 1 aliphatic carbocycles. The Balaban J connectivity index is 1.75. The van der Waals surface area contributed by atoms with Gasteiger partial charge in [0.1, 0.15) is 0 Å². The van der Waals surface area contributed by atoms with Crippen molar-refractivity contribution < 1.29 is 9.72 Å². The van der Waals surface area contributed by atoms with Crippen molar-refractivity contribution in [3.63, 3.8) is 0 Å². The second-order valence-electron chi connectivity index (χ2n) is 7.43. The van der Waals surface area contributed by atoms with E-state index < -0.39 is 4.92 Å². The molecule has 27 heavy (non-hydrogen) atoms. The van der Waals surface area contributed by atoms with E-state index in [0.717, 1.165) is 40.4 Å². The summed E-state index contributed by atoms with van der Waals surface area (Å²) in [5.41, 5.74) is 4.03. The maximum absolute atomic E-state index is 12.7. The Labute approximate surface area is 156 Å². The maximum Gasteiger partial charge on any atom is 0.270 e. The van der Waals surface area contributed by atoms with Crippen LogP contribution in [0.4, 0.5) is 5.69 Å². The summed E-state index contributed by atoms with van der Waals surface area (Å²) in [4.78, 5) is 26.6. The lowest BCUT2D eigenvalue weighted by molar-refractivity contribution is -0.384. The molecule has 2 aromatic carbocycles. The molecule has 138 valence electrons. The molecule has 1 aliphatic rings. The van der Waals surface area contributed by atoms with Gasteiger partial charge in [-0.3, -0.25) is 14.9 Å². The van der Waals surface area contributed by atoms with E-state index in [1.54, 1.807) is 24.4 Å². The van der Waals surface area contributed by atoms with Crippen molar-refractivity contribution in [2.75, 3.05) is 0 Å². The number of nitrogens with zero attached hydrogens (tertiary/aromatic N) is 1. The second kappa shape index (κ2) is 6.54. The first-order valence-corrected chi connectivity index (χ1v) is 9.10. The van der Waals surface area contributed by atoms with Crippen LogP contribution in [0.15, 0.2) is 42.6 Å². The number of non-ortho nitro benzene ring substituents is 1. The summed E-state index contributed by atoms with van der Waals surface area (Å²) in [7, 11) is 0. The maximum atomic E-state index is 12.7. The zero-order chi connectivity index (χ0) is 19.1. The van der Waals surface area contributed by atoms with Gasteiger partial charge < -0.3 is 10.3 Å². The molecule has 0 unspecified atom stereocenters. The van der Waals surface area contributed by atoms with E-state index in [4.69, 9.17) is 0 Å². The number of amides is 1. The first-order chi connectivity index (χ1) is 12.9. The van der Waals surface area contributed by atoms with Gasteiger partial charge in [0.05, 0.1) is 16.0 Å². The van der Waals surface area contributed by atoms with E-state index in [1.165, 1.54) is 6.07 Å². The third kappa shape index (κ3) is 3.07. The molecule has 0 atom stereocenters. The SMILES string of the molecule is Cc1ccc([N+](=O)[O-])cc1-c1ccc(C(=O)NC2CC(C)C2)c2[nH]ccc12. The highest BCUT2D eigenvalue weighted by molar-refractivity contribution is 6.10. The molecule has 3 aromatic rings. The van der Waals surface area contributed by atoms with Gasteiger partial charge >= 0.3 is 0 Å². The molecule has 0 saturated heterocycles. The number of aryl methyl sites for hydroxylation is 1. The summed E-state index contributed by atoms with van der Waals surface area (Å²) in [5, 5.41) is 15.1. The van der Waals surface area contributed by atoms with E-state index in [0.29, 0.717) is 11.5 Å². The normalized spacial score (nSPS) is 18.9. The fraction of sp³-hybridized carbons (Fsp3) is 0.286. The topological polar surface area (TPSA) is 88.0 Å². The van der Waals surface area contributed by atoms with E-state index in [1.807, 2.05) is 19.1 Å². The first kappa shape index (κ1) is 17.3. The van der Waals surface area contributed by atoms with Crippen LogP contribution in [0.5, 0.6) is 0 Å². The standard InChI is InChI=1S/C21H21N3O3/c1-12-9-14(10-12)23-21(25)18-6-5-16(17-7-8-22-20(17)18)19-11-15(24(26)27)4-3-13(19)2/h3-8,11-12,14,22H,9-10H2,1-2H3,(H,23,25). The molecule has 0 radical (unpaired) electrons. The van der Waals surface area contributed by atoms with Crippen molar-refractivity contribution in [1.82, 2.24) is 10.3 Å². The number of hydrogen-bond donors (Lipinski definition) is 2. The highest BCUT2D eigenvalue weighted by Gasteiger charge is 2.27. The number of fused-ring (bicyclic) bond motifs is 1. The second-order valence-corrected chi connectivity index (χ2v) is 7.43. The molecule has 0 spiro atoms. The van der Waals surface area contributed by atoms with Gasteiger partial charge in [-0.2, -0.15) is 0 Å². The number of nitro benzene ring substituents is 1. The zero-order valence-corrected chi connectivity index (χ0v) is 15.3. The largest absolute Gasteiger partial charge is 0.361 e. The first-order valence-electron chi connectivity index (χ1n) is 9.10. The van der Waals surface area contributed by atoms with Crippen molar-refractivity contribution in [1.29, 1.82) is 0 Å². The summed E-state index contributed by atoms with van der Waals surface area (Å²) < 4.78 is 0. The fourth-order valence-electron chi connectivity index (χ4n) is 3.88. The average Bonchev–Trinajstić information content (AvgIpc) is 3.09. The third-order valence-electron chi connectivity index (χ3n) is 5.40. The van der Waals surface area contributed by atoms with Gasteiger partial charge in [-0.25, -0.2) is 0 Å². The van der Waals surface area contributed by atoms with Gasteiger partial charge in [0.25, 0.3) is 11.6 Å². The Kier molecular flexibility index (Phi) is 4.18. The van der Waals surface area contributed by atoms with E-state index >= 15 is 0 Å². The lowest BCUT2D eigenvalue weighted by Crippen LogP contribution is -2.43. The predicted molar refractivity (Wildman–Crippen MR) is 105 cm³/mol. The molecule has 2 N–H and O–H groups in total. The van der Waals surface area contributed by atoms with Gasteiger partial charge in [-0.05, 0) is 54.5 Å². The van der Waals surface area contributed by atoms with Crippen LogP contribution in [0.2, 0.25) is 0 Å². The molecular weight excluding hydrogens is 342 g/mol. The smallest absolute Gasteiger partial charge is 0.270 e. The molecule has 4 rings (SSSR count). The Morgan fingerprint density at radius 1 is 1.19 bits per heavy atom. The molecule has 1 saturated carbocycles. The van der Waals surface area contributed by atoms with Crippen LogP contribution in [0.1, 0.15) is 35.7 Å². The van der Waals surface area contributed by atoms with Crippen LogP contribution in [0.3, 0.4) is 0 Å². The van der Waals surface area contributed by atoms with Crippen molar-refractivity contribution in [3.8, 4) is 11.1 Å². The average molecular weight is 363 g/mol. The monoisotopic (exact) mass is 363 g/mol. The number of carbonyl (C=O) groups excluding carboxylic acids is 1. The molecule has 0 aliphatic heterocycles. The van der Waals surface area contributed by atoms with Crippen LogP contribution in [-0.4, -0.2) is 21.9 Å². The van der Waals surface area contributed by atoms with Gasteiger partial charge in [-0.1, -0.05) is 19.1 Å². The third-order valence-corrected chi connectivity index (χ3v) is 5.40. The fourth-order valence-corrected chi connectivity index (χ4v) is 3.88. The molecular formula is C21H21N3O3. The summed E-state index contributed by atoms with van der Waals surface area (Å²) >= 11 is 0. The van der Waals surface area contributed by atoms with Gasteiger partial charge in [-0.15, -0.1) is 0 Å². The van der Waals surface area contributed by atoms with E-state index in [2.05, 4.69) is 17.2 Å². The number of aromatic nitrogens is 1. The molecule has 1 amide bonds. The van der Waals surface area contributed by atoms with Crippen LogP contribution in [0.25, 0.3) is 22.0 Å². The van der Waals surface area contributed by atoms with Crippen LogP contribution < -0.4 is 5.32 Å². The van der Waals surface area contributed by atoms with Crippen molar-refractivity contribution in [2.45, 2.75) is 32.7 Å². The molecule has 1 fully saturated rings. The number of rotatable bonds is 4. The molecule has 1 aromatic heterocycles. The summed E-state index contributed by atoms with van der Waals surface area (Å²) in [6.45, 7) is 4.11. The number of carbonyl (C=O) groups is 1. The van der Waals surface area contributed by atoms with E-state index in [-0.39, 0.29) is 17.6 Å². The minimum atomic E-state index is -0.390.